The van der Waals surface area contributed by atoms with Crippen LogP contribution in [0.4, 0.5) is 0 Å². The number of hydrogen-bond donors (Lipinski definition) is 2. The van der Waals surface area contributed by atoms with E-state index >= 15 is 0 Å². The van der Waals surface area contributed by atoms with Crippen LogP contribution in [0.1, 0.15) is 39.0 Å². The molecule has 0 bridgehead atoms. The Balaban J connectivity index is 3.76. The van der Waals surface area contributed by atoms with Crippen LogP contribution in [-0.2, 0) is 18.1 Å². The molecule has 6 nitrogen and oxygen atoms in total. The van der Waals surface area contributed by atoms with Gasteiger partial charge in [0.2, 0.25) is 5.91 Å². The highest BCUT2D eigenvalue weighted by Crippen LogP contribution is 2.14. The summed E-state index contributed by atoms with van der Waals surface area (Å²) >= 11 is 0. The highest BCUT2D eigenvalue weighted by molar-refractivity contribution is 6.60. The Bertz CT molecular complexity index is 253. The number of hydrogen-bond acceptors (Lipinski definition) is 5. The third kappa shape index (κ3) is 7.96. The predicted octanol–water partition coefficient (Wildman–Crippen LogP) is 1.31. The van der Waals surface area contributed by atoms with Gasteiger partial charge in [-0.1, -0.05) is 13.3 Å². The number of aliphatic hydroxyl groups is 1. The van der Waals surface area contributed by atoms with Gasteiger partial charge in [-0.15, -0.1) is 0 Å². The van der Waals surface area contributed by atoms with Crippen molar-refractivity contribution in [2.75, 3.05) is 27.9 Å². The van der Waals surface area contributed by atoms with Crippen molar-refractivity contribution < 1.29 is 23.2 Å². The Morgan fingerprint density at radius 1 is 1.20 bits per heavy atom. The fraction of sp³-hybridized carbons (Fsp3) is 0.923. The lowest BCUT2D eigenvalue weighted by Crippen LogP contribution is -2.43. The van der Waals surface area contributed by atoms with Crippen molar-refractivity contribution in [3.05, 3.63) is 0 Å². The minimum atomic E-state index is -2.53. The summed E-state index contributed by atoms with van der Waals surface area (Å²) in [5.74, 6) is -0.0281. The quantitative estimate of drug-likeness (QED) is 0.420. The Hall–Kier alpha value is -0.473. The van der Waals surface area contributed by atoms with Gasteiger partial charge < -0.3 is 23.7 Å². The summed E-state index contributed by atoms with van der Waals surface area (Å²) in [5.41, 5.74) is 0. The lowest BCUT2D eigenvalue weighted by Gasteiger charge is -2.24. The number of amides is 1. The fourth-order valence-corrected chi connectivity index (χ4v) is 3.67. The monoisotopic (exact) mass is 307 g/mol. The average molecular weight is 307 g/mol. The molecule has 0 aliphatic heterocycles. The molecule has 0 rings (SSSR count). The molecule has 7 heteroatoms. The zero-order valence-electron chi connectivity index (χ0n) is 13.1. The second kappa shape index (κ2) is 11.2. The predicted molar refractivity (Wildman–Crippen MR) is 79.4 cm³/mol. The lowest BCUT2D eigenvalue weighted by molar-refractivity contribution is -0.121. The normalized spacial score (nSPS) is 13.2. The Labute approximate surface area is 123 Å². The van der Waals surface area contributed by atoms with E-state index in [1.807, 2.05) is 6.92 Å². The highest BCUT2D eigenvalue weighted by atomic mass is 28.4. The second-order valence-corrected chi connectivity index (χ2v) is 7.82. The Morgan fingerprint density at radius 2 is 1.80 bits per heavy atom. The van der Waals surface area contributed by atoms with Crippen molar-refractivity contribution in [2.24, 2.45) is 0 Å². The number of carbonyl (C=O) groups excluding carboxylic acids is 1. The van der Waals surface area contributed by atoms with Gasteiger partial charge in [-0.25, -0.2) is 0 Å². The van der Waals surface area contributed by atoms with Crippen LogP contribution in [0.2, 0.25) is 6.04 Å². The first-order valence-electron chi connectivity index (χ1n) is 7.13. The van der Waals surface area contributed by atoms with Gasteiger partial charge in [0.05, 0.1) is 6.10 Å². The van der Waals surface area contributed by atoms with E-state index in [2.05, 4.69) is 5.32 Å². The molecule has 0 spiro atoms. The van der Waals surface area contributed by atoms with Crippen LogP contribution in [0.3, 0.4) is 0 Å². The molecule has 1 atom stereocenters. The maximum absolute atomic E-state index is 11.6. The zero-order chi connectivity index (χ0) is 15.4. The molecule has 20 heavy (non-hydrogen) atoms. The molecular formula is C13H29NO5Si. The molecular weight excluding hydrogens is 278 g/mol. The molecule has 0 aromatic carbocycles. The summed E-state index contributed by atoms with van der Waals surface area (Å²) in [6.07, 6.45) is 2.93. The lowest BCUT2D eigenvalue weighted by atomic mass is 10.1. The zero-order valence-corrected chi connectivity index (χ0v) is 14.1. The minimum Gasteiger partial charge on any atom is -0.393 e. The number of nitrogens with one attached hydrogen (secondary N) is 1. The van der Waals surface area contributed by atoms with Crippen molar-refractivity contribution in [2.45, 2.75) is 51.2 Å². The van der Waals surface area contributed by atoms with Gasteiger partial charge in [0.25, 0.3) is 0 Å². The first-order valence-corrected chi connectivity index (χ1v) is 9.07. The summed E-state index contributed by atoms with van der Waals surface area (Å²) in [6, 6.07) is 0.662. The van der Waals surface area contributed by atoms with E-state index < -0.39 is 8.80 Å². The Morgan fingerprint density at radius 3 is 2.30 bits per heavy atom. The van der Waals surface area contributed by atoms with Crippen LogP contribution in [0.15, 0.2) is 0 Å². The number of aliphatic hydroxyl groups excluding tert-OH is 1. The highest BCUT2D eigenvalue weighted by Gasteiger charge is 2.36. The fourth-order valence-electron chi connectivity index (χ4n) is 1.95. The van der Waals surface area contributed by atoms with Gasteiger partial charge in [-0.3, -0.25) is 4.79 Å². The third-order valence-corrected chi connectivity index (χ3v) is 6.07. The molecule has 0 aromatic heterocycles. The van der Waals surface area contributed by atoms with Crippen molar-refractivity contribution in [1.82, 2.24) is 5.32 Å². The second-order valence-electron chi connectivity index (χ2n) is 4.73. The Kier molecular flexibility index (Phi) is 10.9. The van der Waals surface area contributed by atoms with Crippen LogP contribution in [0.5, 0.6) is 0 Å². The molecule has 0 aliphatic rings. The maximum atomic E-state index is 11.6. The first kappa shape index (κ1) is 19.5. The summed E-state index contributed by atoms with van der Waals surface area (Å²) in [6.45, 7) is 2.58. The number of carbonyl (C=O) groups is 1. The first-order chi connectivity index (χ1) is 9.53. The molecule has 0 radical (unpaired) electrons. The topological polar surface area (TPSA) is 77.0 Å². The van der Waals surface area contributed by atoms with E-state index in [1.165, 1.54) is 0 Å². The van der Waals surface area contributed by atoms with Gasteiger partial charge in [0.15, 0.2) is 0 Å². The summed E-state index contributed by atoms with van der Waals surface area (Å²) in [4.78, 5) is 11.6. The molecule has 1 unspecified atom stereocenters. The summed E-state index contributed by atoms with van der Waals surface area (Å²) < 4.78 is 15.9. The molecule has 0 heterocycles. The minimum absolute atomic E-state index is 0.0281. The summed E-state index contributed by atoms with van der Waals surface area (Å²) in [5, 5.41) is 12.4. The van der Waals surface area contributed by atoms with Gasteiger partial charge in [-0.05, 0) is 19.3 Å². The maximum Gasteiger partial charge on any atom is 0.500 e. The van der Waals surface area contributed by atoms with E-state index in [0.29, 0.717) is 25.4 Å². The molecule has 0 saturated heterocycles. The van der Waals surface area contributed by atoms with Crippen molar-refractivity contribution in [3.63, 3.8) is 0 Å². The molecule has 2 N–H and O–H groups in total. The molecule has 0 fully saturated rings. The number of rotatable bonds is 12. The van der Waals surface area contributed by atoms with Crippen LogP contribution in [-0.4, -0.2) is 53.8 Å². The van der Waals surface area contributed by atoms with Gasteiger partial charge in [0.1, 0.15) is 0 Å². The molecule has 0 aromatic rings. The standard InChI is InChI=1S/C13H29NO5Si/c1-5-7-12(15)8-9-13(16)14-10-6-11-20(17-2,18-3)19-4/h12,15H,5-11H2,1-4H3,(H,14,16). The van der Waals surface area contributed by atoms with E-state index in [1.54, 1.807) is 21.3 Å². The molecule has 1 amide bonds. The van der Waals surface area contributed by atoms with Gasteiger partial charge >= 0.3 is 8.80 Å². The van der Waals surface area contributed by atoms with E-state index in [0.717, 1.165) is 19.3 Å². The smallest absolute Gasteiger partial charge is 0.393 e. The van der Waals surface area contributed by atoms with Crippen LogP contribution in [0, 0.1) is 0 Å². The van der Waals surface area contributed by atoms with E-state index in [-0.39, 0.29) is 12.0 Å². The van der Waals surface area contributed by atoms with Crippen LogP contribution >= 0.6 is 0 Å². The van der Waals surface area contributed by atoms with Crippen LogP contribution in [0.25, 0.3) is 0 Å². The van der Waals surface area contributed by atoms with Crippen molar-refractivity contribution >= 4 is 14.7 Å². The van der Waals surface area contributed by atoms with E-state index in [4.69, 9.17) is 13.3 Å². The average Bonchev–Trinajstić information content (AvgIpc) is 2.46. The van der Waals surface area contributed by atoms with Gasteiger partial charge in [-0.2, -0.15) is 0 Å². The SMILES string of the molecule is CCCC(O)CCC(=O)NCCC[Si](OC)(OC)OC. The summed E-state index contributed by atoms with van der Waals surface area (Å²) in [7, 11) is 2.20. The van der Waals surface area contributed by atoms with E-state index in [9.17, 15) is 9.90 Å². The molecule has 120 valence electrons. The molecule has 0 saturated carbocycles. The molecule has 0 aliphatic carbocycles. The van der Waals surface area contributed by atoms with Gasteiger partial charge in [0, 0.05) is 40.3 Å². The van der Waals surface area contributed by atoms with Crippen molar-refractivity contribution in [3.8, 4) is 0 Å². The van der Waals surface area contributed by atoms with Crippen LogP contribution < -0.4 is 5.32 Å². The third-order valence-electron chi connectivity index (χ3n) is 3.24. The largest absolute Gasteiger partial charge is 0.500 e. The van der Waals surface area contributed by atoms with Crippen molar-refractivity contribution in [1.29, 1.82) is 0 Å².